The third-order valence-electron chi connectivity index (χ3n) is 1.70. The Labute approximate surface area is 95.1 Å². The fourth-order valence-electron chi connectivity index (χ4n) is 1.01. The standard InChI is InChI=1S/C11H9F3O3/c12-11(13,14)7-17-9-4-1-8(2-5-9)3-6-10(15)16/h1-6H,7H2,(H,15,16). The number of rotatable bonds is 4. The van der Waals surface area contributed by atoms with Crippen molar-refractivity contribution in [2.45, 2.75) is 6.18 Å². The van der Waals surface area contributed by atoms with Crippen LogP contribution >= 0.6 is 0 Å². The van der Waals surface area contributed by atoms with Gasteiger partial charge in [0.25, 0.3) is 0 Å². The number of halogens is 3. The number of carboxylic acids is 1. The summed E-state index contributed by atoms with van der Waals surface area (Å²) in [6.45, 7) is -1.35. The molecule has 3 nitrogen and oxygen atoms in total. The molecule has 1 N–H and O–H groups in total. The minimum absolute atomic E-state index is 0.0785. The molecule has 0 amide bonds. The summed E-state index contributed by atoms with van der Waals surface area (Å²) >= 11 is 0. The molecule has 0 fully saturated rings. The molecule has 0 saturated heterocycles. The Bertz CT molecular complexity index is 407. The van der Waals surface area contributed by atoms with Gasteiger partial charge in [-0.25, -0.2) is 4.79 Å². The predicted molar refractivity (Wildman–Crippen MR) is 54.7 cm³/mol. The van der Waals surface area contributed by atoms with E-state index in [1.807, 2.05) is 0 Å². The van der Waals surface area contributed by atoms with Gasteiger partial charge in [-0.1, -0.05) is 12.1 Å². The highest BCUT2D eigenvalue weighted by Crippen LogP contribution is 2.19. The smallest absolute Gasteiger partial charge is 0.422 e. The number of hydrogen-bond acceptors (Lipinski definition) is 2. The number of aliphatic carboxylic acids is 1. The molecule has 0 aliphatic heterocycles. The molecule has 6 heteroatoms. The topological polar surface area (TPSA) is 46.5 Å². The van der Waals surface area contributed by atoms with Crippen LogP contribution in [0.1, 0.15) is 5.56 Å². The van der Waals surface area contributed by atoms with Crippen LogP contribution in [0.15, 0.2) is 30.3 Å². The summed E-state index contributed by atoms with van der Waals surface area (Å²) in [6, 6.07) is 5.61. The Morgan fingerprint density at radius 1 is 1.29 bits per heavy atom. The summed E-state index contributed by atoms with van der Waals surface area (Å²) in [5, 5.41) is 8.37. The maximum atomic E-state index is 11.8. The monoisotopic (exact) mass is 246 g/mol. The Kier molecular flexibility index (Phi) is 4.14. The molecule has 0 bridgehead atoms. The average Bonchev–Trinajstić information content (AvgIpc) is 2.24. The number of carbonyl (C=O) groups is 1. The summed E-state index contributed by atoms with van der Waals surface area (Å²) in [7, 11) is 0. The molecule has 1 rings (SSSR count). The summed E-state index contributed by atoms with van der Waals surface area (Å²) in [6.07, 6.45) is -2.11. The molecular weight excluding hydrogens is 237 g/mol. The van der Waals surface area contributed by atoms with E-state index >= 15 is 0 Å². The van der Waals surface area contributed by atoms with E-state index in [2.05, 4.69) is 4.74 Å². The lowest BCUT2D eigenvalue weighted by Gasteiger charge is -2.08. The first kappa shape index (κ1) is 13.1. The van der Waals surface area contributed by atoms with E-state index in [0.717, 1.165) is 6.08 Å². The summed E-state index contributed by atoms with van der Waals surface area (Å²) in [5.41, 5.74) is 0.562. The van der Waals surface area contributed by atoms with Crippen molar-refractivity contribution in [2.75, 3.05) is 6.61 Å². The lowest BCUT2D eigenvalue weighted by molar-refractivity contribution is -0.153. The largest absolute Gasteiger partial charge is 0.484 e. The summed E-state index contributed by atoms with van der Waals surface area (Å²) in [4.78, 5) is 10.2. The van der Waals surface area contributed by atoms with E-state index in [4.69, 9.17) is 5.11 Å². The van der Waals surface area contributed by atoms with Gasteiger partial charge in [0, 0.05) is 6.08 Å². The van der Waals surface area contributed by atoms with Crippen LogP contribution < -0.4 is 4.74 Å². The third-order valence-corrected chi connectivity index (χ3v) is 1.70. The van der Waals surface area contributed by atoms with E-state index in [1.165, 1.54) is 30.3 Å². The molecule has 0 radical (unpaired) electrons. The van der Waals surface area contributed by atoms with Crippen molar-refractivity contribution < 1.29 is 27.8 Å². The SMILES string of the molecule is O=C(O)C=Cc1ccc(OCC(F)(F)F)cc1. The number of benzene rings is 1. The molecule has 1 aromatic carbocycles. The maximum absolute atomic E-state index is 11.8. The van der Waals surface area contributed by atoms with Crippen molar-refractivity contribution >= 4 is 12.0 Å². The van der Waals surface area contributed by atoms with Crippen molar-refractivity contribution in [2.24, 2.45) is 0 Å². The molecule has 0 aliphatic rings. The first-order valence-corrected chi connectivity index (χ1v) is 4.57. The molecule has 0 heterocycles. The molecule has 0 unspecified atom stereocenters. The van der Waals surface area contributed by atoms with Gasteiger partial charge >= 0.3 is 12.1 Å². The van der Waals surface area contributed by atoms with Crippen LogP contribution in [0.25, 0.3) is 6.08 Å². The summed E-state index contributed by atoms with van der Waals surface area (Å²) < 4.78 is 40.0. The second-order valence-corrected chi connectivity index (χ2v) is 3.14. The second kappa shape index (κ2) is 5.38. The van der Waals surface area contributed by atoms with E-state index in [-0.39, 0.29) is 5.75 Å². The Morgan fingerprint density at radius 3 is 2.35 bits per heavy atom. The van der Waals surface area contributed by atoms with Crippen molar-refractivity contribution in [3.8, 4) is 5.75 Å². The lowest BCUT2D eigenvalue weighted by Crippen LogP contribution is -2.19. The fourth-order valence-corrected chi connectivity index (χ4v) is 1.01. The van der Waals surface area contributed by atoms with Crippen LogP contribution in [0.2, 0.25) is 0 Å². The zero-order valence-corrected chi connectivity index (χ0v) is 8.57. The van der Waals surface area contributed by atoms with Gasteiger partial charge in [0.1, 0.15) is 5.75 Å². The van der Waals surface area contributed by atoms with Gasteiger partial charge < -0.3 is 9.84 Å². The number of carboxylic acid groups (broad SMARTS) is 1. The van der Waals surface area contributed by atoms with Gasteiger partial charge in [-0.2, -0.15) is 13.2 Å². The van der Waals surface area contributed by atoms with E-state index < -0.39 is 18.8 Å². The van der Waals surface area contributed by atoms with Crippen LogP contribution in [0.3, 0.4) is 0 Å². The highest BCUT2D eigenvalue weighted by molar-refractivity contribution is 5.85. The maximum Gasteiger partial charge on any atom is 0.422 e. The summed E-state index contributed by atoms with van der Waals surface area (Å²) in [5.74, 6) is -1.02. The van der Waals surface area contributed by atoms with Gasteiger partial charge in [-0.05, 0) is 23.8 Å². The predicted octanol–water partition coefficient (Wildman–Crippen LogP) is 2.73. The Hall–Kier alpha value is -1.98. The van der Waals surface area contributed by atoms with Crippen LogP contribution in [0, 0.1) is 0 Å². The van der Waals surface area contributed by atoms with Crippen LogP contribution in [-0.2, 0) is 4.79 Å². The van der Waals surface area contributed by atoms with Crippen LogP contribution in [-0.4, -0.2) is 23.9 Å². The number of hydrogen-bond donors (Lipinski definition) is 1. The number of alkyl halides is 3. The second-order valence-electron chi connectivity index (χ2n) is 3.14. The van der Waals surface area contributed by atoms with Gasteiger partial charge in [0.15, 0.2) is 6.61 Å². The molecule has 17 heavy (non-hydrogen) atoms. The van der Waals surface area contributed by atoms with Gasteiger partial charge in [0.2, 0.25) is 0 Å². The Balaban J connectivity index is 2.59. The Morgan fingerprint density at radius 2 is 1.88 bits per heavy atom. The highest BCUT2D eigenvalue weighted by atomic mass is 19.4. The molecule has 0 saturated carbocycles. The zero-order valence-electron chi connectivity index (χ0n) is 8.57. The first-order chi connectivity index (χ1) is 7.87. The van der Waals surface area contributed by atoms with Gasteiger partial charge in [-0.3, -0.25) is 0 Å². The van der Waals surface area contributed by atoms with Crippen molar-refractivity contribution in [3.63, 3.8) is 0 Å². The lowest BCUT2D eigenvalue weighted by atomic mass is 10.2. The normalized spacial score (nSPS) is 11.7. The zero-order chi connectivity index (χ0) is 12.9. The first-order valence-electron chi connectivity index (χ1n) is 4.57. The van der Waals surface area contributed by atoms with Gasteiger partial charge in [0.05, 0.1) is 0 Å². The minimum Gasteiger partial charge on any atom is -0.484 e. The van der Waals surface area contributed by atoms with Crippen molar-refractivity contribution in [1.82, 2.24) is 0 Å². The molecule has 0 aromatic heterocycles. The number of ether oxygens (including phenoxy) is 1. The molecule has 0 aliphatic carbocycles. The molecule has 1 aromatic rings. The van der Waals surface area contributed by atoms with E-state index in [9.17, 15) is 18.0 Å². The molecule has 0 atom stereocenters. The van der Waals surface area contributed by atoms with Crippen molar-refractivity contribution in [3.05, 3.63) is 35.9 Å². The van der Waals surface area contributed by atoms with Gasteiger partial charge in [-0.15, -0.1) is 0 Å². The molecule has 0 spiro atoms. The minimum atomic E-state index is -4.37. The van der Waals surface area contributed by atoms with E-state index in [0.29, 0.717) is 5.56 Å². The quantitative estimate of drug-likeness (QED) is 0.831. The van der Waals surface area contributed by atoms with Crippen LogP contribution in [0.4, 0.5) is 13.2 Å². The van der Waals surface area contributed by atoms with Crippen LogP contribution in [0.5, 0.6) is 5.75 Å². The highest BCUT2D eigenvalue weighted by Gasteiger charge is 2.28. The third kappa shape index (κ3) is 5.60. The fraction of sp³-hybridized carbons (Fsp3) is 0.182. The van der Waals surface area contributed by atoms with Crippen molar-refractivity contribution in [1.29, 1.82) is 0 Å². The van der Waals surface area contributed by atoms with E-state index in [1.54, 1.807) is 0 Å². The average molecular weight is 246 g/mol. The molecule has 92 valence electrons. The molecular formula is C11H9F3O3.